The normalized spacial score (nSPS) is 10.7. The molecule has 0 unspecified atom stereocenters. The number of carboxylic acids is 1. The molecule has 0 atom stereocenters. The van der Waals surface area contributed by atoms with E-state index in [1.807, 2.05) is 0 Å². The number of allylic oxidation sites excluding steroid dienone is 2. The fourth-order valence-electron chi connectivity index (χ4n) is 2.83. The number of hydrogen-bond acceptors (Lipinski definition) is 2. The summed E-state index contributed by atoms with van der Waals surface area (Å²) in [7, 11) is 1.55. The number of aliphatic carboxylic acids is 1. The van der Waals surface area contributed by atoms with Crippen molar-refractivity contribution in [2.75, 3.05) is 13.6 Å². The number of hydrogen-bond donors (Lipinski definition) is 1. The van der Waals surface area contributed by atoms with Crippen LogP contribution in [0, 0.1) is 0 Å². The zero-order chi connectivity index (χ0) is 18.8. The molecule has 0 saturated carbocycles. The Bertz CT molecular complexity index is 372. The molecule has 0 bridgehead atoms. The van der Waals surface area contributed by atoms with Crippen molar-refractivity contribution in [2.45, 2.75) is 96.8 Å². The third-order valence-electron chi connectivity index (χ3n) is 4.45. The quantitative estimate of drug-likeness (QED) is 0.245. The van der Waals surface area contributed by atoms with E-state index in [4.69, 9.17) is 5.11 Å². The standard InChI is InChI=1S/C21H39NO3.ClH/c1-3-4-5-6-7-8-9-10-11-12-13-14-15-16-17-18-20(23)22(2)19-21(24)25;/h10-11H,3-9,12-19H2,1-2H3,(H,24,25);1H/b11-10-;. The lowest BCUT2D eigenvalue weighted by Gasteiger charge is -2.14. The largest absolute Gasteiger partial charge is 0.480 e. The van der Waals surface area contributed by atoms with Crippen molar-refractivity contribution in [1.82, 2.24) is 4.90 Å². The van der Waals surface area contributed by atoms with E-state index in [-0.39, 0.29) is 24.9 Å². The Hall–Kier alpha value is -1.03. The minimum Gasteiger partial charge on any atom is -0.480 e. The highest BCUT2D eigenvalue weighted by Gasteiger charge is 2.10. The van der Waals surface area contributed by atoms with Gasteiger partial charge in [0.2, 0.25) is 5.91 Å². The molecule has 0 aromatic heterocycles. The van der Waals surface area contributed by atoms with Crippen LogP contribution in [0.5, 0.6) is 0 Å². The molecule has 0 aliphatic rings. The van der Waals surface area contributed by atoms with Gasteiger partial charge in [-0.05, 0) is 32.1 Å². The van der Waals surface area contributed by atoms with Crippen LogP contribution in [0.2, 0.25) is 0 Å². The van der Waals surface area contributed by atoms with E-state index < -0.39 is 5.97 Å². The first-order valence-corrected chi connectivity index (χ1v) is 10.2. The Labute approximate surface area is 166 Å². The molecule has 1 N–H and O–H groups in total. The maximum absolute atomic E-state index is 11.7. The van der Waals surface area contributed by atoms with Crippen LogP contribution in [-0.2, 0) is 9.59 Å². The summed E-state index contributed by atoms with van der Waals surface area (Å²) in [6.07, 6.45) is 21.1. The van der Waals surface area contributed by atoms with Gasteiger partial charge in [0.15, 0.2) is 0 Å². The van der Waals surface area contributed by atoms with Crippen molar-refractivity contribution in [1.29, 1.82) is 0 Å². The number of unbranched alkanes of at least 4 members (excludes halogenated alkanes) is 11. The molecule has 0 radical (unpaired) electrons. The Morgan fingerprint density at radius 3 is 1.77 bits per heavy atom. The molecule has 0 aromatic rings. The van der Waals surface area contributed by atoms with E-state index in [1.165, 1.54) is 62.7 Å². The van der Waals surface area contributed by atoms with Gasteiger partial charge in [-0.3, -0.25) is 9.59 Å². The maximum atomic E-state index is 11.7. The van der Waals surface area contributed by atoms with Gasteiger partial charge in [-0.15, -0.1) is 12.4 Å². The van der Waals surface area contributed by atoms with Gasteiger partial charge < -0.3 is 10.0 Å². The number of likely N-dealkylation sites (N-methyl/N-ethyl adjacent to an activating group) is 1. The molecule has 0 aliphatic carbocycles. The number of amides is 1. The molecule has 0 saturated heterocycles. The number of carboxylic acid groups (broad SMARTS) is 1. The minimum atomic E-state index is -0.958. The summed E-state index contributed by atoms with van der Waals surface area (Å²) < 4.78 is 0. The predicted molar refractivity (Wildman–Crippen MR) is 112 cm³/mol. The average Bonchev–Trinajstić information content (AvgIpc) is 2.57. The van der Waals surface area contributed by atoms with E-state index >= 15 is 0 Å². The van der Waals surface area contributed by atoms with Crippen LogP contribution in [0.15, 0.2) is 12.2 Å². The van der Waals surface area contributed by atoms with Gasteiger partial charge in [0.1, 0.15) is 6.54 Å². The highest BCUT2D eigenvalue weighted by atomic mass is 35.5. The summed E-state index contributed by atoms with van der Waals surface area (Å²) in [5.74, 6) is -1.03. The van der Waals surface area contributed by atoms with E-state index in [9.17, 15) is 9.59 Å². The maximum Gasteiger partial charge on any atom is 0.323 e. The molecule has 4 nitrogen and oxygen atoms in total. The third kappa shape index (κ3) is 19.3. The van der Waals surface area contributed by atoms with Crippen LogP contribution in [0.1, 0.15) is 96.8 Å². The van der Waals surface area contributed by atoms with Crippen molar-refractivity contribution in [3.05, 3.63) is 12.2 Å². The first-order chi connectivity index (χ1) is 12.1. The number of halogens is 1. The van der Waals surface area contributed by atoms with Crippen molar-refractivity contribution >= 4 is 24.3 Å². The molecule has 154 valence electrons. The van der Waals surface area contributed by atoms with Crippen LogP contribution in [0.4, 0.5) is 0 Å². The topological polar surface area (TPSA) is 57.6 Å². The van der Waals surface area contributed by atoms with Crippen LogP contribution in [0.25, 0.3) is 0 Å². The highest BCUT2D eigenvalue weighted by Crippen LogP contribution is 2.10. The van der Waals surface area contributed by atoms with Crippen LogP contribution in [-0.4, -0.2) is 35.5 Å². The van der Waals surface area contributed by atoms with Crippen molar-refractivity contribution in [2.24, 2.45) is 0 Å². The fraction of sp³-hybridized carbons (Fsp3) is 0.810. The van der Waals surface area contributed by atoms with Crippen LogP contribution in [0.3, 0.4) is 0 Å². The summed E-state index contributed by atoms with van der Waals surface area (Å²) in [4.78, 5) is 23.5. The molecular weight excluding hydrogens is 350 g/mol. The first-order valence-electron chi connectivity index (χ1n) is 10.2. The number of carbonyl (C=O) groups is 2. The van der Waals surface area contributed by atoms with Gasteiger partial charge in [0, 0.05) is 13.5 Å². The van der Waals surface area contributed by atoms with E-state index in [2.05, 4.69) is 19.1 Å². The Balaban J connectivity index is 0. The third-order valence-corrected chi connectivity index (χ3v) is 4.45. The second kappa shape index (κ2) is 20.3. The molecular formula is C21H40ClNO3. The zero-order valence-corrected chi connectivity index (χ0v) is 17.7. The van der Waals surface area contributed by atoms with E-state index in [0.717, 1.165) is 25.7 Å². The molecule has 0 rings (SSSR count). The Morgan fingerprint density at radius 1 is 0.808 bits per heavy atom. The highest BCUT2D eigenvalue weighted by molar-refractivity contribution is 5.85. The SMILES string of the molecule is CCCCCCCC/C=C\CCCCCCCC(=O)N(C)CC(=O)O.Cl. The summed E-state index contributed by atoms with van der Waals surface area (Å²) in [6, 6.07) is 0. The van der Waals surface area contributed by atoms with E-state index in [1.54, 1.807) is 7.05 Å². The lowest BCUT2D eigenvalue weighted by Crippen LogP contribution is -2.31. The van der Waals surface area contributed by atoms with Gasteiger partial charge in [0.05, 0.1) is 0 Å². The summed E-state index contributed by atoms with van der Waals surface area (Å²) in [5, 5.41) is 8.64. The molecule has 5 heteroatoms. The van der Waals surface area contributed by atoms with Gasteiger partial charge in [-0.1, -0.05) is 70.4 Å². The second-order valence-electron chi connectivity index (χ2n) is 6.98. The van der Waals surface area contributed by atoms with Crippen molar-refractivity contribution in [3.63, 3.8) is 0 Å². The number of carbonyl (C=O) groups excluding carboxylic acids is 1. The van der Waals surface area contributed by atoms with Gasteiger partial charge >= 0.3 is 5.97 Å². The second-order valence-corrected chi connectivity index (χ2v) is 6.98. The smallest absolute Gasteiger partial charge is 0.323 e. The molecule has 0 spiro atoms. The summed E-state index contributed by atoms with van der Waals surface area (Å²) in [5.41, 5.74) is 0. The molecule has 0 fully saturated rings. The number of nitrogens with zero attached hydrogens (tertiary/aromatic N) is 1. The minimum absolute atomic E-state index is 0. The molecule has 0 heterocycles. The van der Waals surface area contributed by atoms with Crippen LogP contribution < -0.4 is 0 Å². The van der Waals surface area contributed by atoms with Gasteiger partial charge in [-0.2, -0.15) is 0 Å². The summed E-state index contributed by atoms with van der Waals surface area (Å²) >= 11 is 0. The fourth-order valence-corrected chi connectivity index (χ4v) is 2.83. The molecule has 26 heavy (non-hydrogen) atoms. The first kappa shape index (κ1) is 27.2. The molecule has 0 aromatic carbocycles. The monoisotopic (exact) mass is 389 g/mol. The van der Waals surface area contributed by atoms with E-state index in [0.29, 0.717) is 6.42 Å². The Kier molecular flexibility index (Phi) is 21.2. The Morgan fingerprint density at radius 2 is 1.27 bits per heavy atom. The zero-order valence-electron chi connectivity index (χ0n) is 16.9. The van der Waals surface area contributed by atoms with Gasteiger partial charge in [0.25, 0.3) is 0 Å². The summed E-state index contributed by atoms with van der Waals surface area (Å²) in [6.45, 7) is 2.05. The predicted octanol–water partition coefficient (Wildman–Crippen LogP) is 5.99. The number of rotatable bonds is 17. The van der Waals surface area contributed by atoms with Gasteiger partial charge in [-0.25, -0.2) is 0 Å². The molecule has 0 aliphatic heterocycles. The lowest BCUT2D eigenvalue weighted by molar-refractivity contribution is -0.143. The van der Waals surface area contributed by atoms with Crippen molar-refractivity contribution < 1.29 is 14.7 Å². The van der Waals surface area contributed by atoms with Crippen molar-refractivity contribution in [3.8, 4) is 0 Å². The molecule has 1 amide bonds. The van der Waals surface area contributed by atoms with Crippen LogP contribution >= 0.6 is 12.4 Å². The average molecular weight is 390 g/mol. The lowest BCUT2D eigenvalue weighted by atomic mass is 10.1.